The zero-order valence-corrected chi connectivity index (χ0v) is 15.8. The molecule has 0 aromatic rings. The van der Waals surface area contributed by atoms with Crippen LogP contribution in [0.5, 0.6) is 0 Å². The van der Waals surface area contributed by atoms with Gasteiger partial charge < -0.3 is 9.02 Å². The Balaban J connectivity index is 3.10. The van der Waals surface area contributed by atoms with Gasteiger partial charge in [0.25, 0.3) is 6.10 Å². The van der Waals surface area contributed by atoms with Crippen LogP contribution in [0.15, 0.2) is 5.34 Å². The number of carbonyl (C=O) groups excluding carboxylic acids is 1. The van der Waals surface area contributed by atoms with E-state index in [0.717, 1.165) is 0 Å². The number of esters is 1. The van der Waals surface area contributed by atoms with Crippen LogP contribution in [0.4, 0.5) is 52.7 Å². The van der Waals surface area contributed by atoms with Crippen molar-refractivity contribution in [1.29, 1.82) is 0 Å². The van der Waals surface area contributed by atoms with Gasteiger partial charge in [-0.1, -0.05) is 0 Å². The molecule has 31 heavy (non-hydrogen) atoms. The van der Waals surface area contributed by atoms with E-state index in [9.17, 15) is 62.4 Å². The monoisotopic (exact) mass is 507 g/mol. The summed E-state index contributed by atoms with van der Waals surface area (Å²) >= 11 is 0. The first-order valence-corrected chi connectivity index (χ1v) is 9.80. The summed E-state index contributed by atoms with van der Waals surface area (Å²) in [4.78, 5) is 22.0. The number of halogens is 12. The van der Waals surface area contributed by atoms with Crippen molar-refractivity contribution in [3.63, 3.8) is 0 Å². The molecule has 1 heterocycles. The Hall–Kier alpha value is -1.62. The highest BCUT2D eigenvalue weighted by atomic mass is 32.3. The minimum absolute atomic E-state index is 0.542. The van der Waals surface area contributed by atoms with Crippen molar-refractivity contribution >= 4 is 16.3 Å². The molecule has 0 spiro atoms. The Labute approximate surface area is 166 Å². The highest BCUT2D eigenvalue weighted by Gasteiger charge is 2.77. The molecular weight excluding hydrogens is 494 g/mol. The average Bonchev–Trinajstić information content (AvgIpc) is 2.57. The first-order valence-electron chi connectivity index (χ1n) is 7.91. The molecule has 0 saturated carbocycles. The SMILES string of the molecule is CC(F)(F)C(F)(F)C(F)(F)S1(ON=O)CCC(C(=O)OC(C(F)(F)F)C(F)(F)F)CC1. The van der Waals surface area contributed by atoms with Crippen molar-refractivity contribution in [3.05, 3.63) is 4.91 Å². The summed E-state index contributed by atoms with van der Waals surface area (Å²) in [6.07, 6.45) is -18.9. The van der Waals surface area contributed by atoms with Crippen molar-refractivity contribution in [1.82, 2.24) is 0 Å². The van der Waals surface area contributed by atoms with E-state index in [1.54, 1.807) is 5.34 Å². The van der Waals surface area contributed by atoms with Gasteiger partial charge in [-0.2, -0.15) is 52.7 Å². The Morgan fingerprint density at radius 1 is 0.903 bits per heavy atom. The number of alkyl halides is 12. The summed E-state index contributed by atoms with van der Waals surface area (Å²) in [5, 5.41) is -4.10. The lowest BCUT2D eigenvalue weighted by molar-refractivity contribution is -0.314. The molecule has 0 aromatic heterocycles. The molecule has 1 aliphatic heterocycles. The summed E-state index contributed by atoms with van der Waals surface area (Å²) in [6.45, 7) is -0.542. The minimum Gasteiger partial charge on any atom is -0.443 e. The molecule has 1 rings (SSSR count). The van der Waals surface area contributed by atoms with Crippen LogP contribution in [0, 0.1) is 10.8 Å². The Kier molecular flexibility index (Phi) is 7.41. The average molecular weight is 507 g/mol. The fourth-order valence-corrected chi connectivity index (χ4v) is 5.66. The maximum absolute atomic E-state index is 14.3. The van der Waals surface area contributed by atoms with Crippen molar-refractivity contribution in [2.45, 2.75) is 55.3 Å². The van der Waals surface area contributed by atoms with Gasteiger partial charge in [0.15, 0.2) is 5.34 Å². The molecule has 1 fully saturated rings. The molecule has 184 valence electrons. The van der Waals surface area contributed by atoms with E-state index in [-0.39, 0.29) is 0 Å². The summed E-state index contributed by atoms with van der Waals surface area (Å²) in [7, 11) is -4.81. The molecule has 0 N–H and O–H groups in total. The van der Waals surface area contributed by atoms with E-state index in [0.29, 0.717) is 0 Å². The van der Waals surface area contributed by atoms with E-state index < -0.39 is 89.0 Å². The molecule has 0 unspecified atom stereocenters. The Morgan fingerprint density at radius 2 is 1.32 bits per heavy atom. The highest BCUT2D eigenvalue weighted by molar-refractivity contribution is 8.30. The number of hydrogen-bond acceptors (Lipinski definition) is 5. The maximum atomic E-state index is 14.3. The van der Waals surface area contributed by atoms with Gasteiger partial charge in [0, 0.05) is 28.7 Å². The lowest BCUT2D eigenvalue weighted by Crippen LogP contribution is -2.57. The summed E-state index contributed by atoms with van der Waals surface area (Å²) < 4.78 is 164. The highest BCUT2D eigenvalue weighted by Crippen LogP contribution is 2.71. The predicted octanol–water partition coefficient (Wildman–Crippen LogP) is 5.73. The molecule has 0 aliphatic carbocycles. The largest absolute Gasteiger partial charge is 0.443 e. The zero-order valence-electron chi connectivity index (χ0n) is 15.0. The number of ether oxygens (including phenoxy) is 1. The third-order valence-electron chi connectivity index (χ3n) is 4.31. The van der Waals surface area contributed by atoms with Gasteiger partial charge in [-0.15, -0.1) is 4.91 Å². The molecule has 0 atom stereocenters. The van der Waals surface area contributed by atoms with Crippen LogP contribution in [-0.4, -0.2) is 53.0 Å². The van der Waals surface area contributed by atoms with Gasteiger partial charge in [-0.25, -0.2) is 0 Å². The second-order valence-corrected chi connectivity index (χ2v) is 9.63. The molecule has 0 amide bonds. The fraction of sp³-hybridized carbons (Fsp3) is 0.923. The van der Waals surface area contributed by atoms with E-state index in [1.165, 1.54) is 0 Å². The third kappa shape index (κ3) is 5.24. The van der Waals surface area contributed by atoms with Gasteiger partial charge >= 0.3 is 35.4 Å². The van der Waals surface area contributed by atoms with Gasteiger partial charge in [0.2, 0.25) is 0 Å². The standard InChI is InChI=1S/C13H13F12NO4S/c1-9(14,15)12(22,23)13(24,25)31(30-26-28)4-2-6(3-5-31)7(27)29-8(10(16,17)18)11(19,20)21/h6,8H,2-5H2,1H3. The van der Waals surface area contributed by atoms with Crippen LogP contribution < -0.4 is 0 Å². The lowest BCUT2D eigenvalue weighted by atomic mass is 10.0. The fourth-order valence-electron chi connectivity index (χ4n) is 2.60. The number of carbonyl (C=O) groups is 1. The molecule has 5 nitrogen and oxygen atoms in total. The molecule has 0 bridgehead atoms. The van der Waals surface area contributed by atoms with E-state index in [1.807, 2.05) is 0 Å². The molecule has 1 aliphatic rings. The molecule has 18 heteroatoms. The smallest absolute Gasteiger partial charge is 0.434 e. The number of hydrogen-bond donors (Lipinski definition) is 0. The van der Waals surface area contributed by atoms with Gasteiger partial charge in [-0.05, 0) is 12.8 Å². The topological polar surface area (TPSA) is 65.0 Å². The van der Waals surface area contributed by atoms with Crippen LogP contribution in [0.2, 0.25) is 0 Å². The Bertz CT molecular complexity index is 653. The normalized spacial score (nSPS) is 26.2. The first-order chi connectivity index (χ1) is 13.6. The third-order valence-corrected chi connectivity index (χ3v) is 7.64. The second kappa shape index (κ2) is 8.38. The van der Waals surface area contributed by atoms with Crippen molar-refractivity contribution in [2.75, 3.05) is 11.5 Å². The van der Waals surface area contributed by atoms with E-state index >= 15 is 0 Å². The summed E-state index contributed by atoms with van der Waals surface area (Å²) in [5.41, 5.74) is 0. The van der Waals surface area contributed by atoms with Crippen molar-refractivity contribution in [3.8, 4) is 0 Å². The number of rotatable bonds is 7. The van der Waals surface area contributed by atoms with Crippen LogP contribution in [-0.2, 0) is 13.8 Å². The van der Waals surface area contributed by atoms with Gasteiger partial charge in [0.1, 0.15) is 0 Å². The van der Waals surface area contributed by atoms with Gasteiger partial charge in [-0.3, -0.25) is 4.79 Å². The number of nitrogens with zero attached hydrogens (tertiary/aromatic N) is 1. The maximum Gasteiger partial charge on any atom is 0.434 e. The van der Waals surface area contributed by atoms with Gasteiger partial charge in [0.05, 0.1) is 5.92 Å². The quantitative estimate of drug-likeness (QED) is 0.191. The molecular formula is C13H13F12NO4S. The molecule has 0 aromatic carbocycles. The summed E-state index contributed by atoms with van der Waals surface area (Å²) in [5.74, 6) is -18.3. The van der Waals surface area contributed by atoms with E-state index in [2.05, 4.69) is 9.02 Å². The second-order valence-electron chi connectivity index (χ2n) is 6.52. The first kappa shape index (κ1) is 27.4. The van der Waals surface area contributed by atoms with Crippen LogP contribution >= 0.6 is 10.3 Å². The van der Waals surface area contributed by atoms with Crippen molar-refractivity contribution in [2.24, 2.45) is 11.3 Å². The molecule has 0 radical (unpaired) electrons. The predicted molar refractivity (Wildman–Crippen MR) is 79.4 cm³/mol. The minimum atomic E-state index is -6.07. The lowest BCUT2D eigenvalue weighted by Gasteiger charge is -2.48. The van der Waals surface area contributed by atoms with Crippen LogP contribution in [0.1, 0.15) is 19.8 Å². The zero-order chi connectivity index (χ0) is 24.7. The van der Waals surface area contributed by atoms with E-state index in [4.69, 9.17) is 0 Å². The summed E-state index contributed by atoms with van der Waals surface area (Å²) in [6, 6.07) is 0. The molecule has 1 saturated heterocycles. The Morgan fingerprint density at radius 3 is 1.65 bits per heavy atom. The van der Waals surface area contributed by atoms with Crippen LogP contribution in [0.3, 0.4) is 0 Å². The van der Waals surface area contributed by atoms with Crippen LogP contribution in [0.25, 0.3) is 0 Å². The van der Waals surface area contributed by atoms with Crippen molar-refractivity contribution < 1.29 is 66.5 Å².